The molecule has 3 aromatic rings. The van der Waals surface area contributed by atoms with Gasteiger partial charge >= 0.3 is 5.97 Å². The van der Waals surface area contributed by atoms with Crippen molar-refractivity contribution in [2.24, 2.45) is 0 Å². The van der Waals surface area contributed by atoms with Gasteiger partial charge in [-0.2, -0.15) is 0 Å². The zero-order chi connectivity index (χ0) is 19.5. The molecule has 0 atom stereocenters. The SMILES string of the molecule is COC(=O)COc1ccc(SCc2ccc3c(c2)Cc2ccccc2-3)cc1C. The van der Waals surface area contributed by atoms with E-state index in [0.29, 0.717) is 5.75 Å². The van der Waals surface area contributed by atoms with Crippen molar-refractivity contribution in [2.75, 3.05) is 13.7 Å². The van der Waals surface area contributed by atoms with Gasteiger partial charge in [0.15, 0.2) is 6.61 Å². The van der Waals surface area contributed by atoms with Gasteiger partial charge in [0.05, 0.1) is 7.11 Å². The first-order chi connectivity index (χ1) is 13.6. The number of ether oxygens (including phenoxy) is 2. The number of thioether (sulfide) groups is 1. The molecule has 0 unspecified atom stereocenters. The van der Waals surface area contributed by atoms with Crippen molar-refractivity contribution in [1.29, 1.82) is 0 Å². The van der Waals surface area contributed by atoms with E-state index >= 15 is 0 Å². The Bertz CT molecular complexity index is 1030. The largest absolute Gasteiger partial charge is 0.482 e. The van der Waals surface area contributed by atoms with Gasteiger partial charge < -0.3 is 9.47 Å². The molecule has 0 radical (unpaired) electrons. The zero-order valence-corrected chi connectivity index (χ0v) is 16.8. The second kappa shape index (κ2) is 8.11. The Balaban J connectivity index is 1.41. The van der Waals surface area contributed by atoms with Crippen LogP contribution in [0.25, 0.3) is 11.1 Å². The molecule has 0 amide bonds. The van der Waals surface area contributed by atoms with Crippen LogP contribution >= 0.6 is 11.8 Å². The maximum atomic E-state index is 11.2. The smallest absolute Gasteiger partial charge is 0.343 e. The second-order valence-corrected chi connectivity index (χ2v) is 7.95. The molecule has 1 aliphatic carbocycles. The van der Waals surface area contributed by atoms with Crippen LogP contribution in [0.2, 0.25) is 0 Å². The summed E-state index contributed by atoms with van der Waals surface area (Å²) in [7, 11) is 1.36. The molecule has 0 aromatic heterocycles. The van der Waals surface area contributed by atoms with Gasteiger partial charge in [0.2, 0.25) is 0 Å². The third-order valence-corrected chi connectivity index (χ3v) is 6.05. The predicted octanol–water partition coefficient (Wildman–Crippen LogP) is 5.41. The number of benzene rings is 3. The van der Waals surface area contributed by atoms with Crippen LogP contribution in [0, 0.1) is 6.92 Å². The number of fused-ring (bicyclic) bond motifs is 3. The first-order valence-electron chi connectivity index (χ1n) is 9.27. The number of carbonyl (C=O) groups is 1. The molecule has 142 valence electrons. The van der Waals surface area contributed by atoms with Gasteiger partial charge in [-0.1, -0.05) is 42.5 Å². The van der Waals surface area contributed by atoms with Crippen LogP contribution in [-0.2, 0) is 21.7 Å². The number of esters is 1. The molecule has 1 aliphatic rings. The van der Waals surface area contributed by atoms with E-state index < -0.39 is 0 Å². The van der Waals surface area contributed by atoms with Crippen molar-refractivity contribution in [3.63, 3.8) is 0 Å². The fourth-order valence-electron chi connectivity index (χ4n) is 3.52. The molecule has 0 bridgehead atoms. The monoisotopic (exact) mass is 390 g/mol. The van der Waals surface area contributed by atoms with Crippen LogP contribution in [0.3, 0.4) is 0 Å². The van der Waals surface area contributed by atoms with E-state index in [4.69, 9.17) is 4.74 Å². The van der Waals surface area contributed by atoms with Crippen LogP contribution in [0.4, 0.5) is 0 Å². The van der Waals surface area contributed by atoms with Crippen LogP contribution in [0.15, 0.2) is 65.6 Å². The summed E-state index contributed by atoms with van der Waals surface area (Å²) >= 11 is 1.81. The normalized spacial score (nSPS) is 11.6. The Morgan fingerprint density at radius 1 is 1.00 bits per heavy atom. The molecule has 3 aromatic carbocycles. The fourth-order valence-corrected chi connectivity index (χ4v) is 4.46. The lowest BCUT2D eigenvalue weighted by Crippen LogP contribution is -2.12. The third kappa shape index (κ3) is 3.92. The first-order valence-corrected chi connectivity index (χ1v) is 10.3. The van der Waals surface area contributed by atoms with Crippen LogP contribution < -0.4 is 4.74 Å². The van der Waals surface area contributed by atoms with E-state index in [9.17, 15) is 4.79 Å². The van der Waals surface area contributed by atoms with Crippen LogP contribution in [0.1, 0.15) is 22.3 Å². The number of rotatable bonds is 6. The number of carbonyl (C=O) groups excluding carboxylic acids is 1. The molecule has 0 fully saturated rings. The van der Waals surface area contributed by atoms with Crippen molar-refractivity contribution in [3.05, 3.63) is 82.9 Å². The fraction of sp³-hybridized carbons (Fsp3) is 0.208. The molecular weight excluding hydrogens is 368 g/mol. The Morgan fingerprint density at radius 2 is 1.82 bits per heavy atom. The Labute approximate surface area is 169 Å². The average Bonchev–Trinajstić information content (AvgIpc) is 3.09. The maximum absolute atomic E-state index is 11.2. The van der Waals surface area contributed by atoms with Crippen molar-refractivity contribution < 1.29 is 14.3 Å². The van der Waals surface area contributed by atoms with E-state index in [-0.39, 0.29) is 12.6 Å². The highest BCUT2D eigenvalue weighted by Gasteiger charge is 2.17. The van der Waals surface area contributed by atoms with E-state index in [0.717, 1.165) is 17.7 Å². The lowest BCUT2D eigenvalue weighted by atomic mass is 10.0. The molecular formula is C24H22O3S. The minimum absolute atomic E-state index is 0.0681. The van der Waals surface area contributed by atoms with Crippen molar-refractivity contribution in [3.8, 4) is 16.9 Å². The molecule has 3 nitrogen and oxygen atoms in total. The molecule has 0 spiro atoms. The quantitative estimate of drug-likeness (QED) is 0.326. The van der Waals surface area contributed by atoms with Crippen molar-refractivity contribution in [2.45, 2.75) is 24.0 Å². The van der Waals surface area contributed by atoms with Gasteiger partial charge in [0.25, 0.3) is 0 Å². The van der Waals surface area contributed by atoms with Crippen LogP contribution in [-0.4, -0.2) is 19.7 Å². The number of hydrogen-bond donors (Lipinski definition) is 0. The summed E-state index contributed by atoms with van der Waals surface area (Å²) in [4.78, 5) is 12.4. The van der Waals surface area contributed by atoms with E-state index in [2.05, 4.69) is 53.3 Å². The molecule has 0 aliphatic heterocycles. The standard InChI is InChI=1S/C24H22O3S/c1-16-11-20(8-10-23(16)27-14-24(25)26-2)28-15-17-7-9-22-19(12-17)13-18-5-3-4-6-21(18)22/h3-12H,13-15H2,1-2H3. The van der Waals surface area contributed by atoms with E-state index in [1.807, 2.05) is 30.8 Å². The zero-order valence-electron chi connectivity index (χ0n) is 16.0. The molecule has 0 heterocycles. The first kappa shape index (κ1) is 18.6. The predicted molar refractivity (Wildman–Crippen MR) is 113 cm³/mol. The van der Waals surface area contributed by atoms with Gasteiger partial charge in [-0.25, -0.2) is 4.79 Å². The highest BCUT2D eigenvalue weighted by molar-refractivity contribution is 7.98. The highest BCUT2D eigenvalue weighted by atomic mass is 32.2. The summed E-state index contributed by atoms with van der Waals surface area (Å²) in [5.41, 5.74) is 7.92. The summed E-state index contributed by atoms with van der Waals surface area (Å²) in [6, 6.07) is 21.5. The topological polar surface area (TPSA) is 35.5 Å². The Morgan fingerprint density at radius 3 is 2.64 bits per heavy atom. The summed E-state index contributed by atoms with van der Waals surface area (Å²) < 4.78 is 10.1. The summed E-state index contributed by atoms with van der Waals surface area (Å²) in [5.74, 6) is 1.26. The Hall–Kier alpha value is -2.72. The lowest BCUT2D eigenvalue weighted by Gasteiger charge is -2.10. The van der Waals surface area contributed by atoms with E-state index in [1.54, 1.807) is 0 Å². The van der Waals surface area contributed by atoms with Gasteiger partial charge in [-0.3, -0.25) is 0 Å². The average molecular weight is 391 g/mol. The van der Waals surface area contributed by atoms with Crippen LogP contribution in [0.5, 0.6) is 5.75 Å². The number of methoxy groups -OCH3 is 1. The summed E-state index contributed by atoms with van der Waals surface area (Å²) in [5, 5.41) is 0. The lowest BCUT2D eigenvalue weighted by molar-refractivity contribution is -0.142. The van der Waals surface area contributed by atoms with Crippen molar-refractivity contribution >= 4 is 17.7 Å². The summed E-state index contributed by atoms with van der Waals surface area (Å²) in [6.07, 6.45) is 1.02. The molecule has 0 N–H and O–H groups in total. The maximum Gasteiger partial charge on any atom is 0.343 e. The van der Waals surface area contributed by atoms with Gasteiger partial charge in [0.1, 0.15) is 5.75 Å². The minimum atomic E-state index is -0.378. The second-order valence-electron chi connectivity index (χ2n) is 6.91. The van der Waals surface area contributed by atoms with Gasteiger partial charge in [-0.15, -0.1) is 11.8 Å². The van der Waals surface area contributed by atoms with Crippen molar-refractivity contribution in [1.82, 2.24) is 0 Å². The van der Waals surface area contributed by atoms with Gasteiger partial charge in [-0.05, 0) is 64.9 Å². The minimum Gasteiger partial charge on any atom is -0.482 e. The molecule has 4 rings (SSSR count). The highest BCUT2D eigenvalue weighted by Crippen LogP contribution is 2.37. The molecule has 4 heteroatoms. The molecule has 0 saturated heterocycles. The molecule has 0 saturated carbocycles. The molecule has 28 heavy (non-hydrogen) atoms. The van der Waals surface area contributed by atoms with Gasteiger partial charge in [0, 0.05) is 10.6 Å². The van der Waals surface area contributed by atoms with E-state index in [1.165, 1.54) is 39.8 Å². The number of hydrogen-bond acceptors (Lipinski definition) is 4. The summed E-state index contributed by atoms with van der Waals surface area (Å²) in [6.45, 7) is 1.92. The third-order valence-electron chi connectivity index (χ3n) is 4.98. The number of aryl methyl sites for hydroxylation is 1. The Kier molecular flexibility index (Phi) is 5.40.